The normalized spacial score (nSPS) is 13.1. The number of hydrogen-bond acceptors (Lipinski definition) is 3. The van der Waals surface area contributed by atoms with Crippen molar-refractivity contribution in [1.29, 1.82) is 0 Å². The Kier molecular flexibility index (Phi) is 8.06. The molecule has 3 aromatic carbocycles. The van der Waals surface area contributed by atoms with Crippen LogP contribution in [0.3, 0.4) is 0 Å². The highest BCUT2D eigenvalue weighted by Crippen LogP contribution is 2.32. The first-order valence-electron chi connectivity index (χ1n) is 10.1. The lowest BCUT2D eigenvalue weighted by molar-refractivity contribution is 0.102. The second-order valence-corrected chi connectivity index (χ2v) is 10.3. The van der Waals surface area contributed by atoms with Crippen molar-refractivity contribution in [3.63, 3.8) is 0 Å². The van der Waals surface area contributed by atoms with Crippen LogP contribution in [-0.2, 0) is 10.0 Å². The average Bonchev–Trinajstić information content (AvgIpc) is 2.77. The Labute approximate surface area is 202 Å². The van der Waals surface area contributed by atoms with Crippen LogP contribution in [0.2, 0.25) is 5.02 Å². The number of ketones is 1. The van der Waals surface area contributed by atoms with Crippen molar-refractivity contribution in [1.82, 2.24) is 4.72 Å². The van der Waals surface area contributed by atoms with E-state index in [1.807, 2.05) is 13.8 Å². The lowest BCUT2D eigenvalue weighted by Gasteiger charge is -2.23. The maximum Gasteiger partial charge on any atom is 0.241 e. The molecule has 0 spiro atoms. The Balaban J connectivity index is 2.11. The van der Waals surface area contributed by atoms with Crippen LogP contribution in [0.1, 0.15) is 40.9 Å². The van der Waals surface area contributed by atoms with Gasteiger partial charge in [-0.2, -0.15) is 4.72 Å². The maximum absolute atomic E-state index is 13.5. The number of nitrogens with one attached hydrogen (secondary N) is 1. The number of benzene rings is 3. The molecule has 0 aliphatic carbocycles. The number of carbonyl (C=O) groups is 1. The standard InChI is InChI=1S/C25H23BrClNO3S/c1-3-6-22(25(29)18-11-13-19(26)14-12-18)24(21-7-4-5-8-23(21)27)28-32(30,31)20-15-9-17(2)10-16-20/h4-16,24,28H,3H2,1-2H3/b22-6-. The summed E-state index contributed by atoms with van der Waals surface area (Å²) in [6.07, 6.45) is 2.29. The number of sulfonamides is 1. The Bertz CT molecular complexity index is 1240. The van der Waals surface area contributed by atoms with Gasteiger partial charge in [-0.1, -0.05) is 76.4 Å². The smallest absolute Gasteiger partial charge is 0.241 e. The number of Topliss-reactive ketones (excluding diaryl/α,β-unsaturated/α-hetero) is 1. The number of allylic oxidation sites excluding steroid dienone is 1. The van der Waals surface area contributed by atoms with Crippen LogP contribution in [0.5, 0.6) is 0 Å². The van der Waals surface area contributed by atoms with Crippen molar-refractivity contribution in [3.05, 3.63) is 111 Å². The van der Waals surface area contributed by atoms with Crippen LogP contribution < -0.4 is 4.72 Å². The molecule has 0 aromatic heterocycles. The highest BCUT2D eigenvalue weighted by Gasteiger charge is 2.30. The van der Waals surface area contributed by atoms with E-state index < -0.39 is 16.1 Å². The highest BCUT2D eigenvalue weighted by molar-refractivity contribution is 9.10. The van der Waals surface area contributed by atoms with E-state index in [1.54, 1.807) is 78.9 Å². The van der Waals surface area contributed by atoms with Crippen molar-refractivity contribution in [2.75, 3.05) is 0 Å². The summed E-state index contributed by atoms with van der Waals surface area (Å²) < 4.78 is 30.1. The fourth-order valence-corrected chi connectivity index (χ4v) is 4.98. The monoisotopic (exact) mass is 531 g/mol. The largest absolute Gasteiger partial charge is 0.289 e. The third-order valence-corrected chi connectivity index (χ3v) is 7.24. The van der Waals surface area contributed by atoms with Gasteiger partial charge in [-0.25, -0.2) is 8.42 Å². The van der Waals surface area contributed by atoms with E-state index in [9.17, 15) is 13.2 Å². The van der Waals surface area contributed by atoms with E-state index in [1.165, 1.54) is 0 Å². The van der Waals surface area contributed by atoms with Crippen molar-refractivity contribution < 1.29 is 13.2 Å². The van der Waals surface area contributed by atoms with Gasteiger partial charge in [-0.3, -0.25) is 4.79 Å². The van der Waals surface area contributed by atoms with Gasteiger partial charge in [0, 0.05) is 20.6 Å². The molecule has 0 aliphatic rings. The van der Waals surface area contributed by atoms with Crippen molar-refractivity contribution in [2.24, 2.45) is 0 Å². The molecule has 32 heavy (non-hydrogen) atoms. The fraction of sp³-hybridized carbons (Fsp3) is 0.160. The third-order valence-electron chi connectivity index (χ3n) is 4.92. The minimum absolute atomic E-state index is 0.118. The summed E-state index contributed by atoms with van der Waals surface area (Å²) >= 11 is 9.82. The van der Waals surface area contributed by atoms with Crippen molar-refractivity contribution >= 4 is 43.3 Å². The van der Waals surface area contributed by atoms with E-state index in [-0.39, 0.29) is 10.7 Å². The molecule has 1 N–H and O–H groups in total. The van der Waals surface area contributed by atoms with Crippen LogP contribution >= 0.6 is 27.5 Å². The summed E-state index contributed by atoms with van der Waals surface area (Å²) in [6.45, 7) is 3.78. The topological polar surface area (TPSA) is 63.2 Å². The van der Waals surface area contributed by atoms with Gasteiger partial charge in [0.15, 0.2) is 5.78 Å². The van der Waals surface area contributed by atoms with Crippen LogP contribution in [0.4, 0.5) is 0 Å². The molecule has 4 nitrogen and oxygen atoms in total. The summed E-state index contributed by atoms with van der Waals surface area (Å²) in [5.41, 5.74) is 2.23. The predicted molar refractivity (Wildman–Crippen MR) is 133 cm³/mol. The highest BCUT2D eigenvalue weighted by atomic mass is 79.9. The van der Waals surface area contributed by atoms with Gasteiger partial charge in [0.05, 0.1) is 10.9 Å². The molecule has 3 rings (SSSR count). The molecule has 0 aliphatic heterocycles. The van der Waals surface area contributed by atoms with E-state index in [4.69, 9.17) is 11.6 Å². The summed E-state index contributed by atoms with van der Waals surface area (Å²) in [4.78, 5) is 13.6. The van der Waals surface area contributed by atoms with E-state index in [0.29, 0.717) is 28.1 Å². The molecule has 7 heteroatoms. The predicted octanol–water partition coefficient (Wildman–Crippen LogP) is 6.65. The van der Waals surface area contributed by atoms with Gasteiger partial charge >= 0.3 is 0 Å². The molecular formula is C25H23BrClNO3S. The Hall–Kier alpha value is -2.25. The zero-order valence-electron chi connectivity index (χ0n) is 17.7. The maximum atomic E-state index is 13.5. The number of halogens is 2. The second-order valence-electron chi connectivity index (χ2n) is 7.29. The molecule has 0 amide bonds. The first-order valence-corrected chi connectivity index (χ1v) is 12.7. The second kappa shape index (κ2) is 10.6. The first kappa shape index (κ1) is 24.4. The average molecular weight is 533 g/mol. The van der Waals surface area contributed by atoms with Gasteiger partial charge < -0.3 is 0 Å². The van der Waals surface area contributed by atoms with Crippen molar-refractivity contribution in [2.45, 2.75) is 31.2 Å². The fourth-order valence-electron chi connectivity index (χ4n) is 3.27. The lowest BCUT2D eigenvalue weighted by Crippen LogP contribution is -2.32. The summed E-state index contributed by atoms with van der Waals surface area (Å²) in [5.74, 6) is -0.268. The summed E-state index contributed by atoms with van der Waals surface area (Å²) in [7, 11) is -3.94. The summed E-state index contributed by atoms with van der Waals surface area (Å²) in [6, 6.07) is 19.5. The molecule has 1 atom stereocenters. The molecule has 3 aromatic rings. The Morgan fingerprint density at radius 3 is 2.25 bits per heavy atom. The van der Waals surface area contributed by atoms with Crippen LogP contribution in [0, 0.1) is 6.92 Å². The SMILES string of the molecule is CC/C=C(\C(=O)c1ccc(Br)cc1)C(NS(=O)(=O)c1ccc(C)cc1)c1ccccc1Cl. The molecule has 0 bridgehead atoms. The first-order chi connectivity index (χ1) is 15.2. The van der Waals surface area contributed by atoms with Crippen LogP contribution in [0.15, 0.2) is 93.8 Å². The minimum atomic E-state index is -3.94. The lowest BCUT2D eigenvalue weighted by atomic mass is 9.92. The molecule has 0 fully saturated rings. The quantitative estimate of drug-likeness (QED) is 0.261. The molecule has 0 saturated heterocycles. The number of aryl methyl sites for hydroxylation is 1. The summed E-state index contributed by atoms with van der Waals surface area (Å²) in [5, 5.41) is 0.370. The van der Waals surface area contributed by atoms with Crippen LogP contribution in [0.25, 0.3) is 0 Å². The molecule has 0 heterocycles. The van der Waals surface area contributed by atoms with Crippen molar-refractivity contribution in [3.8, 4) is 0 Å². The number of rotatable bonds is 8. The van der Waals surface area contributed by atoms with E-state index in [0.717, 1.165) is 10.0 Å². The molecular weight excluding hydrogens is 510 g/mol. The molecule has 166 valence electrons. The number of hydrogen-bond donors (Lipinski definition) is 1. The Morgan fingerprint density at radius 1 is 1.03 bits per heavy atom. The minimum Gasteiger partial charge on any atom is -0.289 e. The molecule has 1 unspecified atom stereocenters. The van der Waals surface area contributed by atoms with Gasteiger partial charge in [0.25, 0.3) is 0 Å². The number of carbonyl (C=O) groups excluding carboxylic acids is 1. The van der Waals surface area contributed by atoms with E-state index in [2.05, 4.69) is 20.7 Å². The van der Waals surface area contributed by atoms with E-state index >= 15 is 0 Å². The molecule has 0 saturated carbocycles. The van der Waals surface area contributed by atoms with Crippen LogP contribution in [-0.4, -0.2) is 14.2 Å². The molecule has 0 radical (unpaired) electrons. The zero-order chi connectivity index (χ0) is 23.3. The van der Waals surface area contributed by atoms with Gasteiger partial charge in [0.1, 0.15) is 0 Å². The van der Waals surface area contributed by atoms with Gasteiger partial charge in [0.2, 0.25) is 10.0 Å². The zero-order valence-corrected chi connectivity index (χ0v) is 20.8. The van der Waals surface area contributed by atoms with Gasteiger partial charge in [-0.15, -0.1) is 0 Å². The van der Waals surface area contributed by atoms with Gasteiger partial charge in [-0.05, 0) is 61.4 Å². The Morgan fingerprint density at radius 2 is 1.66 bits per heavy atom. The third kappa shape index (κ3) is 5.75.